The average molecular weight is 326 g/mol. The molecule has 6 heteroatoms. The standard InChI is InChI=1S/C16H23N3O2.ClH/c1-12(13(2)17)15(20)18-8-10-19(11-9-18)16(21)14-6-4-3-5-7-14;/h3-7,12-13H,8-11,17H2,1-2H3;1H. The van der Waals surface area contributed by atoms with E-state index in [-0.39, 0.29) is 36.2 Å². The maximum Gasteiger partial charge on any atom is 0.253 e. The molecular formula is C16H24ClN3O2. The lowest BCUT2D eigenvalue weighted by atomic mass is 10.0. The third kappa shape index (κ3) is 4.21. The van der Waals surface area contributed by atoms with E-state index < -0.39 is 0 Å². The van der Waals surface area contributed by atoms with Gasteiger partial charge in [-0.15, -0.1) is 12.4 Å². The minimum atomic E-state index is -0.179. The van der Waals surface area contributed by atoms with Crippen molar-refractivity contribution in [3.05, 3.63) is 35.9 Å². The molecule has 0 aromatic heterocycles. The summed E-state index contributed by atoms with van der Waals surface area (Å²) in [6, 6.07) is 9.09. The molecule has 1 saturated heterocycles. The van der Waals surface area contributed by atoms with Crippen molar-refractivity contribution >= 4 is 24.2 Å². The first kappa shape index (κ1) is 18.5. The molecule has 1 heterocycles. The molecule has 1 aromatic carbocycles. The molecule has 0 saturated carbocycles. The van der Waals surface area contributed by atoms with Crippen molar-refractivity contribution < 1.29 is 9.59 Å². The van der Waals surface area contributed by atoms with Crippen molar-refractivity contribution in [2.45, 2.75) is 19.9 Å². The maximum absolute atomic E-state index is 12.3. The number of rotatable bonds is 3. The van der Waals surface area contributed by atoms with Crippen molar-refractivity contribution in [3.8, 4) is 0 Å². The number of carbonyl (C=O) groups excluding carboxylic acids is 2. The van der Waals surface area contributed by atoms with Gasteiger partial charge in [-0.25, -0.2) is 0 Å². The highest BCUT2D eigenvalue weighted by Gasteiger charge is 2.28. The molecule has 2 atom stereocenters. The first-order valence-electron chi connectivity index (χ1n) is 7.39. The predicted molar refractivity (Wildman–Crippen MR) is 89.0 cm³/mol. The molecule has 1 fully saturated rings. The first-order valence-corrected chi connectivity index (χ1v) is 7.39. The van der Waals surface area contributed by atoms with Gasteiger partial charge < -0.3 is 15.5 Å². The molecule has 2 N–H and O–H groups in total. The molecule has 0 radical (unpaired) electrons. The number of hydrogen-bond donors (Lipinski definition) is 1. The zero-order chi connectivity index (χ0) is 15.4. The summed E-state index contributed by atoms with van der Waals surface area (Å²) in [6.45, 7) is 6.01. The number of halogens is 1. The Morgan fingerprint density at radius 3 is 2.00 bits per heavy atom. The summed E-state index contributed by atoms with van der Waals surface area (Å²) >= 11 is 0. The molecule has 0 bridgehead atoms. The van der Waals surface area contributed by atoms with Crippen LogP contribution in [0.3, 0.4) is 0 Å². The molecule has 1 aliphatic rings. The number of piperazine rings is 1. The van der Waals surface area contributed by atoms with Gasteiger partial charge in [-0.1, -0.05) is 25.1 Å². The molecule has 2 unspecified atom stereocenters. The second-order valence-corrected chi connectivity index (χ2v) is 5.63. The van der Waals surface area contributed by atoms with E-state index >= 15 is 0 Å². The summed E-state index contributed by atoms with van der Waals surface area (Å²) in [4.78, 5) is 28.2. The second kappa shape index (κ2) is 8.15. The number of nitrogens with zero attached hydrogens (tertiary/aromatic N) is 2. The summed E-state index contributed by atoms with van der Waals surface area (Å²) in [6.07, 6.45) is 0. The third-order valence-corrected chi connectivity index (χ3v) is 4.08. The van der Waals surface area contributed by atoms with E-state index in [1.807, 2.05) is 49.1 Å². The van der Waals surface area contributed by atoms with Gasteiger partial charge in [-0.3, -0.25) is 9.59 Å². The van der Waals surface area contributed by atoms with Crippen molar-refractivity contribution in [1.29, 1.82) is 0 Å². The summed E-state index contributed by atoms with van der Waals surface area (Å²) in [5.74, 6) is -0.0684. The van der Waals surface area contributed by atoms with Gasteiger partial charge in [0.15, 0.2) is 0 Å². The third-order valence-electron chi connectivity index (χ3n) is 4.08. The fraction of sp³-hybridized carbons (Fsp3) is 0.500. The average Bonchev–Trinajstić information content (AvgIpc) is 2.53. The van der Waals surface area contributed by atoms with Crippen molar-refractivity contribution in [3.63, 3.8) is 0 Å². The van der Waals surface area contributed by atoms with Gasteiger partial charge in [0.05, 0.1) is 5.92 Å². The van der Waals surface area contributed by atoms with Gasteiger partial charge in [-0.05, 0) is 19.1 Å². The Labute approximate surface area is 137 Å². The molecule has 0 spiro atoms. The Morgan fingerprint density at radius 1 is 1.00 bits per heavy atom. The fourth-order valence-corrected chi connectivity index (χ4v) is 2.41. The minimum Gasteiger partial charge on any atom is -0.339 e. The Balaban J connectivity index is 0.00000242. The van der Waals surface area contributed by atoms with Crippen LogP contribution < -0.4 is 5.73 Å². The van der Waals surface area contributed by atoms with Gasteiger partial charge in [0.25, 0.3) is 5.91 Å². The van der Waals surface area contributed by atoms with Crippen LogP contribution in [0.1, 0.15) is 24.2 Å². The summed E-state index contributed by atoms with van der Waals surface area (Å²) < 4.78 is 0. The van der Waals surface area contributed by atoms with E-state index in [4.69, 9.17) is 5.73 Å². The van der Waals surface area contributed by atoms with Gasteiger partial charge >= 0.3 is 0 Å². The predicted octanol–water partition coefficient (Wildman–Crippen LogP) is 1.38. The van der Waals surface area contributed by atoms with Crippen LogP contribution in [0.15, 0.2) is 30.3 Å². The lowest BCUT2D eigenvalue weighted by molar-refractivity contribution is -0.137. The van der Waals surface area contributed by atoms with Crippen LogP contribution in [-0.4, -0.2) is 53.8 Å². The number of benzene rings is 1. The lowest BCUT2D eigenvalue weighted by Gasteiger charge is -2.36. The number of hydrogen-bond acceptors (Lipinski definition) is 3. The van der Waals surface area contributed by atoms with E-state index in [9.17, 15) is 9.59 Å². The van der Waals surface area contributed by atoms with Crippen molar-refractivity contribution in [1.82, 2.24) is 9.80 Å². The smallest absolute Gasteiger partial charge is 0.253 e. The van der Waals surface area contributed by atoms with Crippen LogP contribution in [0.2, 0.25) is 0 Å². The highest BCUT2D eigenvalue weighted by atomic mass is 35.5. The monoisotopic (exact) mass is 325 g/mol. The topological polar surface area (TPSA) is 66.6 Å². The summed E-state index contributed by atoms with van der Waals surface area (Å²) in [7, 11) is 0. The molecular weight excluding hydrogens is 302 g/mol. The molecule has 22 heavy (non-hydrogen) atoms. The van der Waals surface area contributed by atoms with Crippen LogP contribution >= 0.6 is 12.4 Å². The molecule has 2 rings (SSSR count). The van der Waals surface area contributed by atoms with Crippen LogP contribution in [0.25, 0.3) is 0 Å². The minimum absolute atomic E-state index is 0. The van der Waals surface area contributed by atoms with Crippen molar-refractivity contribution in [2.24, 2.45) is 11.7 Å². The van der Waals surface area contributed by atoms with E-state index in [0.29, 0.717) is 31.7 Å². The van der Waals surface area contributed by atoms with Gasteiger partial charge in [-0.2, -0.15) is 0 Å². The number of amides is 2. The molecule has 5 nitrogen and oxygen atoms in total. The second-order valence-electron chi connectivity index (χ2n) is 5.63. The summed E-state index contributed by atoms with van der Waals surface area (Å²) in [5, 5.41) is 0. The van der Waals surface area contributed by atoms with E-state index in [1.54, 1.807) is 4.90 Å². The highest BCUT2D eigenvalue weighted by Crippen LogP contribution is 2.12. The van der Waals surface area contributed by atoms with Gasteiger partial charge in [0.2, 0.25) is 5.91 Å². The SMILES string of the molecule is CC(N)C(C)C(=O)N1CCN(C(=O)c2ccccc2)CC1.Cl. The first-order chi connectivity index (χ1) is 10.0. The zero-order valence-electron chi connectivity index (χ0n) is 13.1. The summed E-state index contributed by atoms with van der Waals surface area (Å²) in [5.41, 5.74) is 6.48. The van der Waals surface area contributed by atoms with Crippen LogP contribution in [-0.2, 0) is 4.79 Å². The van der Waals surface area contributed by atoms with Gasteiger partial charge in [0.1, 0.15) is 0 Å². The highest BCUT2D eigenvalue weighted by molar-refractivity contribution is 5.94. The van der Waals surface area contributed by atoms with Gasteiger partial charge in [0, 0.05) is 37.8 Å². The van der Waals surface area contributed by atoms with E-state index in [0.717, 1.165) is 0 Å². The number of nitrogens with two attached hydrogens (primary N) is 1. The quantitative estimate of drug-likeness (QED) is 0.913. The van der Waals surface area contributed by atoms with E-state index in [2.05, 4.69) is 0 Å². The largest absolute Gasteiger partial charge is 0.339 e. The fourth-order valence-electron chi connectivity index (χ4n) is 2.41. The lowest BCUT2D eigenvalue weighted by Crippen LogP contribution is -2.53. The molecule has 2 amide bonds. The van der Waals surface area contributed by atoms with Crippen molar-refractivity contribution in [2.75, 3.05) is 26.2 Å². The normalized spacial score (nSPS) is 17.4. The molecule has 1 aromatic rings. The maximum atomic E-state index is 12.3. The Kier molecular flexibility index (Phi) is 6.84. The molecule has 122 valence electrons. The van der Waals surface area contributed by atoms with E-state index in [1.165, 1.54) is 0 Å². The van der Waals surface area contributed by atoms with Crippen LogP contribution in [0.4, 0.5) is 0 Å². The Bertz CT molecular complexity index is 499. The van der Waals surface area contributed by atoms with Crippen LogP contribution in [0.5, 0.6) is 0 Å². The Morgan fingerprint density at radius 2 is 1.50 bits per heavy atom. The molecule has 1 aliphatic heterocycles. The molecule has 0 aliphatic carbocycles. The van der Waals surface area contributed by atoms with Crippen LogP contribution in [0, 0.1) is 5.92 Å². The number of carbonyl (C=O) groups is 2. The zero-order valence-corrected chi connectivity index (χ0v) is 13.9. The Hall–Kier alpha value is -1.59.